The van der Waals surface area contributed by atoms with Gasteiger partial charge in [-0.05, 0) is 79.5 Å². The number of fused-ring (bicyclic) bond motifs is 1. The molecule has 1 aliphatic carbocycles. The minimum Gasteiger partial charge on any atom is -0.406 e. The van der Waals surface area contributed by atoms with Crippen LogP contribution in [-0.2, 0) is 0 Å². The van der Waals surface area contributed by atoms with Crippen molar-refractivity contribution < 1.29 is 22.7 Å². The van der Waals surface area contributed by atoms with Crippen molar-refractivity contribution in [1.29, 1.82) is 0 Å². The van der Waals surface area contributed by atoms with Crippen molar-refractivity contribution in [3.05, 3.63) is 47.5 Å². The SMILES string of the molecule is Cc1cc2c(cc1C(N)=O)nc(Nc1ccc(OC(F)(F)F)cc1)n2[C@@H]1C[C@H](C)CC(C)(C)C1. The van der Waals surface area contributed by atoms with Gasteiger partial charge in [0.1, 0.15) is 5.75 Å². The zero-order valence-electron chi connectivity index (χ0n) is 19.7. The number of nitrogens with zero attached hydrogens (tertiary/aromatic N) is 2. The van der Waals surface area contributed by atoms with Crippen LogP contribution >= 0.6 is 0 Å². The first-order chi connectivity index (χ1) is 15.8. The van der Waals surface area contributed by atoms with E-state index in [-0.39, 0.29) is 17.2 Å². The lowest BCUT2D eigenvalue weighted by Gasteiger charge is -2.40. The van der Waals surface area contributed by atoms with Gasteiger partial charge in [-0.1, -0.05) is 20.8 Å². The van der Waals surface area contributed by atoms with Gasteiger partial charge in [-0.2, -0.15) is 0 Å². The van der Waals surface area contributed by atoms with Crippen LogP contribution < -0.4 is 15.8 Å². The zero-order chi connectivity index (χ0) is 24.8. The van der Waals surface area contributed by atoms with Crippen LogP contribution in [0.2, 0.25) is 0 Å². The predicted molar refractivity (Wildman–Crippen MR) is 125 cm³/mol. The van der Waals surface area contributed by atoms with Gasteiger partial charge in [0.2, 0.25) is 11.9 Å². The van der Waals surface area contributed by atoms with Gasteiger partial charge in [-0.25, -0.2) is 4.98 Å². The molecule has 182 valence electrons. The summed E-state index contributed by atoms with van der Waals surface area (Å²) >= 11 is 0. The Balaban J connectivity index is 1.77. The summed E-state index contributed by atoms with van der Waals surface area (Å²) in [6.07, 6.45) is -1.70. The molecule has 9 heteroatoms. The highest BCUT2D eigenvalue weighted by molar-refractivity contribution is 5.98. The highest BCUT2D eigenvalue weighted by atomic mass is 19.4. The summed E-state index contributed by atoms with van der Waals surface area (Å²) in [7, 11) is 0. The van der Waals surface area contributed by atoms with E-state index in [0.29, 0.717) is 28.6 Å². The summed E-state index contributed by atoms with van der Waals surface area (Å²) in [4.78, 5) is 16.6. The molecule has 2 aromatic carbocycles. The summed E-state index contributed by atoms with van der Waals surface area (Å²) in [6, 6.07) is 9.33. The molecular weight excluding hydrogens is 445 g/mol. The Labute approximate surface area is 196 Å². The van der Waals surface area contributed by atoms with E-state index in [0.717, 1.165) is 30.3 Å². The number of rotatable bonds is 5. The number of benzene rings is 2. The fourth-order valence-electron chi connectivity index (χ4n) is 5.33. The standard InChI is InChI=1S/C25H29F3N4O2/c1-14-9-17(13-24(3,4)12-14)32-21-10-15(2)19(22(29)33)11-20(21)31-23(32)30-16-5-7-18(8-6-16)34-25(26,27)28/h5-8,10-11,14,17H,9,12-13H2,1-4H3,(H2,29,33)(H,30,31)/t14-,17+/m0/s1. The quantitative estimate of drug-likeness (QED) is 0.444. The van der Waals surface area contributed by atoms with Crippen LogP contribution in [0.5, 0.6) is 5.75 Å². The van der Waals surface area contributed by atoms with Crippen LogP contribution in [0, 0.1) is 18.3 Å². The largest absolute Gasteiger partial charge is 0.573 e. The minimum atomic E-state index is -4.75. The second kappa shape index (κ2) is 8.52. The number of halogens is 3. The summed E-state index contributed by atoms with van der Waals surface area (Å²) in [6.45, 7) is 8.61. The van der Waals surface area contributed by atoms with Gasteiger partial charge < -0.3 is 20.4 Å². The first kappa shape index (κ1) is 23.9. The van der Waals surface area contributed by atoms with Gasteiger partial charge in [-0.3, -0.25) is 4.79 Å². The number of hydrogen-bond donors (Lipinski definition) is 2. The van der Waals surface area contributed by atoms with Crippen LogP contribution in [0.25, 0.3) is 11.0 Å². The molecule has 1 amide bonds. The Kier molecular flexibility index (Phi) is 5.99. The van der Waals surface area contributed by atoms with Gasteiger partial charge in [-0.15, -0.1) is 13.2 Å². The van der Waals surface area contributed by atoms with Crippen LogP contribution in [0.3, 0.4) is 0 Å². The van der Waals surface area contributed by atoms with Crippen molar-refractivity contribution in [2.24, 2.45) is 17.1 Å². The number of amides is 1. The lowest BCUT2D eigenvalue weighted by atomic mass is 9.70. The summed E-state index contributed by atoms with van der Waals surface area (Å²) in [5, 5.41) is 3.26. The number of nitrogens with two attached hydrogens (primary N) is 1. The molecule has 0 unspecified atom stereocenters. The molecule has 3 N–H and O–H groups in total. The number of alkyl halides is 3. The maximum atomic E-state index is 12.5. The van der Waals surface area contributed by atoms with Crippen LogP contribution in [-0.4, -0.2) is 21.8 Å². The van der Waals surface area contributed by atoms with Crippen molar-refractivity contribution in [1.82, 2.24) is 9.55 Å². The van der Waals surface area contributed by atoms with Gasteiger partial charge >= 0.3 is 6.36 Å². The molecule has 1 aromatic heterocycles. The van der Waals surface area contributed by atoms with Crippen LogP contribution in [0.4, 0.5) is 24.8 Å². The summed E-state index contributed by atoms with van der Waals surface area (Å²) in [5.41, 5.74) is 8.97. The monoisotopic (exact) mass is 474 g/mol. The van der Waals surface area contributed by atoms with Crippen molar-refractivity contribution in [3.8, 4) is 5.75 Å². The maximum absolute atomic E-state index is 12.5. The fraction of sp³-hybridized carbons (Fsp3) is 0.440. The molecule has 1 heterocycles. The van der Waals surface area contributed by atoms with Crippen LogP contribution in [0.15, 0.2) is 36.4 Å². The number of imidazole rings is 1. The third-order valence-electron chi connectivity index (χ3n) is 6.37. The summed E-state index contributed by atoms with van der Waals surface area (Å²) in [5.74, 6) is 0.270. The molecule has 0 aliphatic heterocycles. The lowest BCUT2D eigenvalue weighted by molar-refractivity contribution is -0.274. The maximum Gasteiger partial charge on any atom is 0.573 e. The molecule has 0 bridgehead atoms. The van der Waals surface area contributed by atoms with Gasteiger partial charge in [0.25, 0.3) is 0 Å². The highest BCUT2D eigenvalue weighted by Crippen LogP contribution is 2.46. The smallest absolute Gasteiger partial charge is 0.406 e. The Hall–Kier alpha value is -3.23. The predicted octanol–water partition coefficient (Wildman–Crippen LogP) is 6.47. The van der Waals surface area contributed by atoms with Crippen molar-refractivity contribution in [2.75, 3.05) is 5.32 Å². The molecular formula is C25H29F3N4O2. The molecule has 0 saturated heterocycles. The topological polar surface area (TPSA) is 82.2 Å². The van der Waals surface area contributed by atoms with Gasteiger partial charge in [0.15, 0.2) is 0 Å². The average molecular weight is 475 g/mol. The molecule has 0 radical (unpaired) electrons. The molecule has 0 spiro atoms. The van der Waals surface area contributed by atoms with E-state index in [9.17, 15) is 18.0 Å². The van der Waals surface area contributed by atoms with E-state index in [2.05, 4.69) is 35.4 Å². The number of nitrogens with one attached hydrogen (secondary N) is 1. The second-order valence-corrected chi connectivity index (χ2v) is 10.1. The number of anilines is 2. The molecule has 1 saturated carbocycles. The molecule has 34 heavy (non-hydrogen) atoms. The number of aromatic nitrogens is 2. The third kappa shape index (κ3) is 5.13. The van der Waals surface area contributed by atoms with Crippen molar-refractivity contribution in [3.63, 3.8) is 0 Å². The molecule has 1 aliphatic rings. The van der Waals surface area contributed by atoms with E-state index < -0.39 is 12.3 Å². The van der Waals surface area contributed by atoms with E-state index in [1.807, 2.05) is 13.0 Å². The third-order valence-corrected chi connectivity index (χ3v) is 6.37. The Morgan fingerprint density at radius 3 is 2.47 bits per heavy atom. The number of ether oxygens (including phenoxy) is 1. The molecule has 6 nitrogen and oxygen atoms in total. The second-order valence-electron chi connectivity index (χ2n) is 10.1. The molecule has 3 aromatic rings. The first-order valence-electron chi connectivity index (χ1n) is 11.3. The number of primary amides is 1. The summed E-state index contributed by atoms with van der Waals surface area (Å²) < 4.78 is 43.6. The average Bonchev–Trinajstić information content (AvgIpc) is 3.02. The molecule has 1 fully saturated rings. The highest BCUT2D eigenvalue weighted by Gasteiger charge is 2.35. The van der Waals surface area contributed by atoms with E-state index in [1.165, 1.54) is 24.3 Å². The van der Waals surface area contributed by atoms with Crippen molar-refractivity contribution >= 4 is 28.6 Å². The number of carbonyl (C=O) groups excluding carboxylic acids is 1. The minimum absolute atomic E-state index is 0.148. The fourth-order valence-corrected chi connectivity index (χ4v) is 5.33. The van der Waals surface area contributed by atoms with Crippen molar-refractivity contribution in [2.45, 2.75) is 59.4 Å². The van der Waals surface area contributed by atoms with Gasteiger partial charge in [0.05, 0.1) is 11.0 Å². The number of carbonyl (C=O) groups is 1. The van der Waals surface area contributed by atoms with E-state index in [4.69, 9.17) is 10.7 Å². The van der Waals surface area contributed by atoms with E-state index >= 15 is 0 Å². The van der Waals surface area contributed by atoms with E-state index in [1.54, 1.807) is 6.07 Å². The Bertz CT molecular complexity index is 1220. The van der Waals surface area contributed by atoms with Crippen LogP contribution in [0.1, 0.15) is 62.0 Å². The Morgan fingerprint density at radius 1 is 1.21 bits per heavy atom. The zero-order valence-corrected chi connectivity index (χ0v) is 19.7. The lowest BCUT2D eigenvalue weighted by Crippen LogP contribution is -2.29. The first-order valence-corrected chi connectivity index (χ1v) is 11.3. The number of aryl methyl sites for hydroxylation is 1. The molecule has 4 rings (SSSR count). The Morgan fingerprint density at radius 2 is 1.88 bits per heavy atom. The number of hydrogen-bond acceptors (Lipinski definition) is 4. The van der Waals surface area contributed by atoms with Gasteiger partial charge in [0, 0.05) is 17.3 Å². The normalized spacial score (nSPS) is 20.3. The molecule has 2 atom stereocenters.